The van der Waals surface area contributed by atoms with Crippen molar-refractivity contribution >= 4 is 15.9 Å². The molecule has 0 aliphatic carbocycles. The highest BCUT2D eigenvalue weighted by Gasteiger charge is 2.17. The molecule has 0 fully saturated rings. The van der Waals surface area contributed by atoms with Gasteiger partial charge in [0.15, 0.2) is 0 Å². The number of rotatable bonds is 3. The molecule has 2 heterocycles. The Balaban J connectivity index is 1.47. The summed E-state index contributed by atoms with van der Waals surface area (Å²) < 4.78 is 3.11. The molecule has 0 unspecified atom stereocenters. The topological polar surface area (TPSA) is 21.1 Å². The van der Waals surface area contributed by atoms with Gasteiger partial charge in [0, 0.05) is 36.7 Å². The van der Waals surface area contributed by atoms with Crippen LogP contribution in [0.3, 0.4) is 0 Å². The van der Waals surface area contributed by atoms with E-state index in [4.69, 9.17) is 5.10 Å². The van der Waals surface area contributed by atoms with Gasteiger partial charge in [-0.05, 0) is 41.8 Å². The number of hydrogen-bond donors (Lipinski definition) is 0. The Kier molecular flexibility index (Phi) is 4.50. The summed E-state index contributed by atoms with van der Waals surface area (Å²) in [6.45, 7) is 3.19. The van der Waals surface area contributed by atoms with Crippen molar-refractivity contribution in [3.05, 3.63) is 82.1 Å². The van der Waals surface area contributed by atoms with Crippen molar-refractivity contribution < 1.29 is 0 Å². The van der Waals surface area contributed by atoms with Gasteiger partial charge in [0.2, 0.25) is 0 Å². The van der Waals surface area contributed by atoms with Crippen LogP contribution in [0.15, 0.2) is 65.3 Å². The van der Waals surface area contributed by atoms with Crippen molar-refractivity contribution in [2.75, 3.05) is 13.1 Å². The fraction of sp³-hybridized carbons (Fsp3) is 0.250. The second kappa shape index (κ2) is 6.91. The van der Waals surface area contributed by atoms with Crippen molar-refractivity contribution in [2.45, 2.75) is 19.4 Å². The van der Waals surface area contributed by atoms with E-state index in [1.165, 1.54) is 16.8 Å². The minimum atomic E-state index is 1.02. The molecule has 24 heavy (non-hydrogen) atoms. The molecule has 1 aromatic heterocycles. The fourth-order valence-corrected chi connectivity index (χ4v) is 3.51. The van der Waals surface area contributed by atoms with E-state index in [0.29, 0.717) is 0 Å². The monoisotopic (exact) mass is 381 g/mol. The Bertz CT molecular complexity index is 783. The zero-order valence-corrected chi connectivity index (χ0v) is 15.1. The van der Waals surface area contributed by atoms with Crippen LogP contribution in [0.5, 0.6) is 0 Å². The number of aromatic nitrogens is 2. The predicted octanol–water partition coefficient (Wildman–Crippen LogP) is 4.24. The molecule has 0 bridgehead atoms. The fourth-order valence-electron chi connectivity index (χ4n) is 3.24. The quantitative estimate of drug-likeness (QED) is 0.676. The zero-order valence-electron chi connectivity index (χ0n) is 13.5. The molecule has 4 heteroatoms. The highest BCUT2D eigenvalue weighted by atomic mass is 79.9. The van der Waals surface area contributed by atoms with E-state index in [1.807, 2.05) is 4.68 Å². The van der Waals surface area contributed by atoms with Crippen LogP contribution >= 0.6 is 15.9 Å². The number of fused-ring (bicyclic) bond motifs is 1. The normalized spacial score (nSPS) is 15.0. The minimum Gasteiger partial charge on any atom is -0.298 e. The Labute approximate surface area is 151 Å². The van der Waals surface area contributed by atoms with Crippen LogP contribution in [-0.4, -0.2) is 27.8 Å². The molecule has 1 aliphatic heterocycles. The standard InChI is InChI=1S/C20H20BrN3/c21-18-6-8-19(9-7-18)24-15-17-10-12-23(13-11-20(17)22-24)14-16-4-2-1-3-5-16/h1-9,15H,10-14H2. The molecule has 0 N–H and O–H groups in total. The first-order valence-corrected chi connectivity index (χ1v) is 9.17. The van der Waals surface area contributed by atoms with Gasteiger partial charge in [0.25, 0.3) is 0 Å². The second-order valence-corrected chi connectivity index (χ2v) is 7.20. The van der Waals surface area contributed by atoms with Crippen molar-refractivity contribution in [2.24, 2.45) is 0 Å². The summed E-state index contributed by atoms with van der Waals surface area (Å²) >= 11 is 3.48. The molecule has 2 aromatic carbocycles. The number of nitrogens with zero attached hydrogens (tertiary/aromatic N) is 3. The Morgan fingerprint density at radius 2 is 1.67 bits per heavy atom. The summed E-state index contributed by atoms with van der Waals surface area (Å²) in [5, 5.41) is 4.83. The van der Waals surface area contributed by atoms with E-state index in [9.17, 15) is 0 Å². The van der Waals surface area contributed by atoms with E-state index in [1.54, 1.807) is 0 Å². The highest BCUT2D eigenvalue weighted by Crippen LogP contribution is 2.20. The molecule has 0 saturated carbocycles. The molecular formula is C20H20BrN3. The van der Waals surface area contributed by atoms with Crippen molar-refractivity contribution in [3.8, 4) is 5.69 Å². The summed E-state index contributed by atoms with van der Waals surface area (Å²) in [5.74, 6) is 0. The summed E-state index contributed by atoms with van der Waals surface area (Å²) in [4.78, 5) is 2.53. The lowest BCUT2D eigenvalue weighted by Crippen LogP contribution is -2.26. The molecule has 0 atom stereocenters. The van der Waals surface area contributed by atoms with E-state index in [0.717, 1.165) is 42.6 Å². The van der Waals surface area contributed by atoms with E-state index in [2.05, 4.69) is 81.6 Å². The Morgan fingerprint density at radius 1 is 0.917 bits per heavy atom. The van der Waals surface area contributed by atoms with E-state index < -0.39 is 0 Å². The average molecular weight is 382 g/mol. The lowest BCUT2D eigenvalue weighted by atomic mass is 10.2. The van der Waals surface area contributed by atoms with Gasteiger partial charge in [0.1, 0.15) is 0 Å². The summed E-state index contributed by atoms with van der Waals surface area (Å²) in [7, 11) is 0. The van der Waals surface area contributed by atoms with E-state index >= 15 is 0 Å². The Morgan fingerprint density at radius 3 is 2.46 bits per heavy atom. The summed E-state index contributed by atoms with van der Waals surface area (Å²) in [6.07, 6.45) is 4.29. The average Bonchev–Trinajstić information content (AvgIpc) is 2.93. The van der Waals surface area contributed by atoms with Gasteiger partial charge in [-0.15, -0.1) is 0 Å². The van der Waals surface area contributed by atoms with Gasteiger partial charge in [-0.2, -0.15) is 5.10 Å². The molecule has 0 amide bonds. The van der Waals surface area contributed by atoms with Gasteiger partial charge < -0.3 is 0 Å². The molecule has 4 rings (SSSR count). The van der Waals surface area contributed by atoms with Crippen LogP contribution in [0.25, 0.3) is 5.69 Å². The van der Waals surface area contributed by atoms with Gasteiger partial charge in [-0.1, -0.05) is 46.3 Å². The summed E-state index contributed by atoms with van der Waals surface area (Å²) in [5.41, 5.74) is 5.13. The SMILES string of the molecule is Brc1ccc(-n2cc3c(n2)CCN(Cc2ccccc2)CC3)cc1. The number of benzene rings is 2. The molecule has 0 saturated heterocycles. The van der Waals surface area contributed by atoms with Crippen LogP contribution in [0.2, 0.25) is 0 Å². The molecule has 0 radical (unpaired) electrons. The maximum Gasteiger partial charge on any atom is 0.0674 e. The van der Waals surface area contributed by atoms with Crippen LogP contribution in [0.4, 0.5) is 0 Å². The molecule has 3 aromatic rings. The molecule has 1 aliphatic rings. The highest BCUT2D eigenvalue weighted by molar-refractivity contribution is 9.10. The van der Waals surface area contributed by atoms with Gasteiger partial charge in [-0.25, -0.2) is 4.68 Å². The van der Waals surface area contributed by atoms with Gasteiger partial charge >= 0.3 is 0 Å². The van der Waals surface area contributed by atoms with Crippen LogP contribution in [0, 0.1) is 0 Å². The third kappa shape index (κ3) is 3.45. The Hall–Kier alpha value is -1.91. The van der Waals surface area contributed by atoms with Crippen molar-refractivity contribution in [1.82, 2.24) is 14.7 Å². The first kappa shape index (κ1) is 15.6. The molecular weight excluding hydrogens is 362 g/mol. The maximum absolute atomic E-state index is 4.83. The number of hydrogen-bond acceptors (Lipinski definition) is 2. The van der Waals surface area contributed by atoms with Crippen LogP contribution in [-0.2, 0) is 19.4 Å². The number of halogens is 1. The largest absolute Gasteiger partial charge is 0.298 e. The summed E-state index contributed by atoms with van der Waals surface area (Å²) in [6, 6.07) is 19.0. The zero-order chi connectivity index (χ0) is 16.4. The lowest BCUT2D eigenvalue weighted by molar-refractivity contribution is 0.278. The van der Waals surface area contributed by atoms with Crippen LogP contribution < -0.4 is 0 Å². The van der Waals surface area contributed by atoms with Crippen molar-refractivity contribution in [3.63, 3.8) is 0 Å². The minimum absolute atomic E-state index is 1.02. The molecule has 0 spiro atoms. The second-order valence-electron chi connectivity index (χ2n) is 6.28. The van der Waals surface area contributed by atoms with Crippen LogP contribution in [0.1, 0.15) is 16.8 Å². The van der Waals surface area contributed by atoms with Gasteiger partial charge in [-0.3, -0.25) is 4.90 Å². The first-order valence-electron chi connectivity index (χ1n) is 8.37. The van der Waals surface area contributed by atoms with Gasteiger partial charge in [0.05, 0.1) is 11.4 Å². The predicted molar refractivity (Wildman–Crippen MR) is 100 cm³/mol. The molecule has 122 valence electrons. The lowest BCUT2D eigenvalue weighted by Gasteiger charge is -2.19. The maximum atomic E-state index is 4.83. The van der Waals surface area contributed by atoms with Crippen molar-refractivity contribution in [1.29, 1.82) is 0 Å². The molecule has 3 nitrogen and oxygen atoms in total. The van der Waals surface area contributed by atoms with E-state index in [-0.39, 0.29) is 0 Å². The first-order chi connectivity index (χ1) is 11.8. The smallest absolute Gasteiger partial charge is 0.0674 e. The third-order valence-corrected chi connectivity index (χ3v) is 5.11. The third-order valence-electron chi connectivity index (χ3n) is 4.58.